The Balaban J connectivity index is 1.39. The van der Waals surface area contributed by atoms with E-state index in [0.29, 0.717) is 34.8 Å². The number of hydrogen-bond donors (Lipinski definition) is 3. The van der Waals surface area contributed by atoms with Crippen molar-refractivity contribution in [1.29, 1.82) is 0 Å². The number of anilines is 4. The minimum absolute atomic E-state index is 0.113. The molecule has 1 amide bonds. The van der Waals surface area contributed by atoms with E-state index in [1.807, 2.05) is 19.1 Å². The molecule has 3 fully saturated rings. The number of nitrogens with one attached hydrogen (secondary N) is 2. The van der Waals surface area contributed by atoms with E-state index in [1.165, 1.54) is 19.8 Å². The predicted molar refractivity (Wildman–Crippen MR) is 148 cm³/mol. The molecule has 2 aliphatic heterocycles. The van der Waals surface area contributed by atoms with Crippen LogP contribution in [-0.4, -0.2) is 75.2 Å². The quantitative estimate of drug-likeness (QED) is 0.464. The molecule has 1 aliphatic carbocycles. The molecule has 1 saturated carbocycles. The van der Waals surface area contributed by atoms with Gasteiger partial charge >= 0.3 is 0 Å². The lowest BCUT2D eigenvalue weighted by atomic mass is 9.93. The van der Waals surface area contributed by atoms with Gasteiger partial charge in [0.05, 0.1) is 36.3 Å². The van der Waals surface area contributed by atoms with Crippen LogP contribution in [0.5, 0.6) is 0 Å². The van der Waals surface area contributed by atoms with Crippen LogP contribution < -0.4 is 19.8 Å². The predicted octanol–water partition coefficient (Wildman–Crippen LogP) is 3.06. The van der Waals surface area contributed by atoms with Gasteiger partial charge in [0.1, 0.15) is 16.9 Å². The van der Waals surface area contributed by atoms with Crippen molar-refractivity contribution in [2.45, 2.75) is 50.9 Å². The number of pyridine rings is 1. The topological polar surface area (TPSA) is 124 Å². The molecule has 3 N–H and O–H groups in total. The van der Waals surface area contributed by atoms with Crippen molar-refractivity contribution >= 4 is 38.9 Å². The van der Waals surface area contributed by atoms with E-state index in [2.05, 4.69) is 24.8 Å². The number of ether oxygens (including phenoxy) is 1. The van der Waals surface area contributed by atoms with Crippen LogP contribution in [0.15, 0.2) is 36.4 Å². The Morgan fingerprint density at radius 2 is 1.92 bits per heavy atom. The average Bonchev–Trinajstić information content (AvgIpc) is 3.67. The van der Waals surface area contributed by atoms with Crippen LogP contribution in [-0.2, 0) is 14.8 Å². The third-order valence-electron chi connectivity index (χ3n) is 7.95. The number of sulfonamides is 1. The largest absolute Gasteiger partial charge is 0.395 e. The number of aliphatic hydroxyl groups is 1. The summed E-state index contributed by atoms with van der Waals surface area (Å²) >= 11 is 0. The lowest BCUT2D eigenvalue weighted by molar-refractivity contribution is 0.0529. The lowest BCUT2D eigenvalue weighted by Crippen LogP contribution is -2.41. The number of aliphatic hydroxyl groups excluding tert-OH is 1. The van der Waals surface area contributed by atoms with E-state index in [-0.39, 0.29) is 12.0 Å². The fraction of sp³-hybridized carbons (Fsp3) is 0.556. The Kier molecular flexibility index (Phi) is 7.52. The molecule has 1 aromatic heterocycles. The average molecular weight is 544 g/mol. The normalized spacial score (nSPS) is 21.7. The van der Waals surface area contributed by atoms with Crippen molar-refractivity contribution in [2.75, 3.05) is 59.2 Å². The Hall–Kier alpha value is -2.89. The van der Waals surface area contributed by atoms with Crippen LogP contribution in [0.2, 0.25) is 0 Å². The zero-order valence-corrected chi connectivity index (χ0v) is 22.8. The Labute approximate surface area is 224 Å². The first-order chi connectivity index (χ1) is 18.2. The summed E-state index contributed by atoms with van der Waals surface area (Å²) in [6.45, 7) is 6.72. The van der Waals surface area contributed by atoms with Gasteiger partial charge < -0.3 is 25.0 Å². The molecule has 1 spiro atoms. The molecular formula is C27H37N5O5S. The molecule has 2 aromatic rings. The Morgan fingerprint density at radius 1 is 1.16 bits per heavy atom. The van der Waals surface area contributed by atoms with Crippen LogP contribution in [0.3, 0.4) is 0 Å². The Morgan fingerprint density at radius 3 is 2.61 bits per heavy atom. The number of morpholine rings is 1. The first-order valence-corrected chi connectivity index (χ1v) is 14.9. The highest BCUT2D eigenvalue weighted by molar-refractivity contribution is 7.93. The smallest absolute Gasteiger partial charge is 0.258 e. The number of benzene rings is 1. The van der Waals surface area contributed by atoms with E-state index >= 15 is 0 Å². The van der Waals surface area contributed by atoms with E-state index < -0.39 is 21.9 Å². The van der Waals surface area contributed by atoms with Gasteiger partial charge in [-0.1, -0.05) is 6.07 Å². The summed E-state index contributed by atoms with van der Waals surface area (Å²) in [5, 5.41) is 11.3. The van der Waals surface area contributed by atoms with Gasteiger partial charge in [0, 0.05) is 26.2 Å². The number of rotatable bonds is 8. The number of aromatic nitrogens is 1. The molecule has 2 saturated heterocycles. The van der Waals surface area contributed by atoms with Gasteiger partial charge in [-0.25, -0.2) is 13.4 Å². The molecule has 0 bridgehead atoms. The molecule has 0 radical (unpaired) electrons. The van der Waals surface area contributed by atoms with Gasteiger partial charge in [-0.15, -0.1) is 0 Å². The first-order valence-electron chi connectivity index (χ1n) is 13.3. The molecule has 2 atom stereocenters. The van der Waals surface area contributed by atoms with E-state index in [9.17, 15) is 18.3 Å². The molecule has 11 heteroatoms. The molecule has 10 nitrogen and oxygen atoms in total. The van der Waals surface area contributed by atoms with Crippen molar-refractivity contribution in [3.05, 3.63) is 42.0 Å². The third kappa shape index (κ3) is 5.89. The zero-order chi connectivity index (χ0) is 26.9. The second kappa shape index (κ2) is 10.7. The second-order valence-corrected chi connectivity index (χ2v) is 12.9. The summed E-state index contributed by atoms with van der Waals surface area (Å²) in [7, 11) is -3.76. The molecular weight excluding hydrogens is 506 g/mol. The van der Waals surface area contributed by atoms with Crippen molar-refractivity contribution in [2.24, 2.45) is 5.41 Å². The van der Waals surface area contributed by atoms with E-state index in [0.717, 1.165) is 44.8 Å². The number of hydrogen-bond acceptors (Lipinski definition) is 8. The summed E-state index contributed by atoms with van der Waals surface area (Å²) in [5.74, 6) is 0.936. The van der Waals surface area contributed by atoms with Gasteiger partial charge in [-0.3, -0.25) is 9.52 Å². The molecule has 206 valence electrons. The summed E-state index contributed by atoms with van der Waals surface area (Å²) in [4.78, 5) is 22.5. The summed E-state index contributed by atoms with van der Waals surface area (Å²) in [6.07, 6.45) is 4.76. The second-order valence-electron chi connectivity index (χ2n) is 10.8. The minimum Gasteiger partial charge on any atom is -0.395 e. The fourth-order valence-electron chi connectivity index (χ4n) is 5.19. The molecule has 3 aliphatic rings. The number of nitrogens with zero attached hydrogens (tertiary/aromatic N) is 3. The summed E-state index contributed by atoms with van der Waals surface area (Å²) < 4.78 is 33.3. The standard InChI is InChI=1S/C27H37N5O5S/c1-19-17-32(14-15-37-19)25-5-3-4-24(28-25)29-26(34)22-7-6-21(30-38(35,36)20(2)18-33)16-23(22)31-12-10-27(8-9-27)11-13-31/h3-7,16,19-20,30,33H,8-15,17-18H2,1-2H3,(H,28,29,34)/t19-,20?/m1/s1. The first kappa shape index (κ1) is 26.7. The van der Waals surface area contributed by atoms with Gasteiger partial charge in [0.2, 0.25) is 10.0 Å². The lowest BCUT2D eigenvalue weighted by Gasteiger charge is -2.35. The fourth-order valence-corrected chi connectivity index (χ4v) is 6.04. The summed E-state index contributed by atoms with van der Waals surface area (Å²) in [5.41, 5.74) is 1.97. The van der Waals surface area contributed by atoms with Crippen molar-refractivity contribution in [3.63, 3.8) is 0 Å². The Bertz CT molecular complexity index is 1270. The van der Waals surface area contributed by atoms with Gasteiger partial charge in [0.15, 0.2) is 0 Å². The van der Waals surface area contributed by atoms with Gasteiger partial charge in [-0.05, 0) is 75.3 Å². The zero-order valence-electron chi connectivity index (χ0n) is 22.0. The maximum atomic E-state index is 13.5. The van der Waals surface area contributed by atoms with Crippen LogP contribution >= 0.6 is 0 Å². The third-order valence-corrected chi connectivity index (χ3v) is 9.68. The van der Waals surface area contributed by atoms with Crippen molar-refractivity contribution < 1.29 is 23.1 Å². The number of carbonyl (C=O) groups excluding carboxylic acids is 1. The van der Waals surface area contributed by atoms with Crippen molar-refractivity contribution in [1.82, 2.24) is 4.98 Å². The van der Waals surface area contributed by atoms with E-state index in [1.54, 1.807) is 24.3 Å². The highest BCUT2D eigenvalue weighted by atomic mass is 32.2. The van der Waals surface area contributed by atoms with Crippen LogP contribution in [0.4, 0.5) is 23.0 Å². The molecule has 3 heterocycles. The monoisotopic (exact) mass is 543 g/mol. The molecule has 1 unspecified atom stereocenters. The number of piperidine rings is 1. The van der Waals surface area contributed by atoms with Gasteiger partial charge in [0.25, 0.3) is 5.91 Å². The minimum atomic E-state index is -3.76. The van der Waals surface area contributed by atoms with Crippen LogP contribution in [0.1, 0.15) is 49.9 Å². The van der Waals surface area contributed by atoms with Crippen LogP contribution in [0.25, 0.3) is 0 Å². The number of amides is 1. The highest BCUT2D eigenvalue weighted by Gasteiger charge is 2.44. The van der Waals surface area contributed by atoms with E-state index in [4.69, 9.17) is 4.74 Å². The van der Waals surface area contributed by atoms with Gasteiger partial charge in [-0.2, -0.15) is 0 Å². The maximum absolute atomic E-state index is 13.5. The SMILES string of the molecule is CC(CO)S(=O)(=O)Nc1ccc(C(=O)Nc2cccc(N3CCO[C@H](C)C3)n2)c(N2CCC3(CC2)CC3)c1. The number of carbonyl (C=O) groups is 1. The molecule has 5 rings (SSSR count). The maximum Gasteiger partial charge on any atom is 0.258 e. The van der Waals surface area contributed by atoms with Crippen LogP contribution in [0, 0.1) is 5.41 Å². The highest BCUT2D eigenvalue weighted by Crippen LogP contribution is 2.54. The van der Waals surface area contributed by atoms with Crippen molar-refractivity contribution in [3.8, 4) is 0 Å². The molecule has 38 heavy (non-hydrogen) atoms. The summed E-state index contributed by atoms with van der Waals surface area (Å²) in [6, 6.07) is 10.5. The molecule has 1 aromatic carbocycles.